The van der Waals surface area contributed by atoms with E-state index in [-0.39, 0.29) is 0 Å². The van der Waals surface area contributed by atoms with Crippen LogP contribution in [-0.2, 0) is 6.42 Å². The molecule has 2 aromatic rings. The van der Waals surface area contributed by atoms with E-state index in [1.807, 2.05) is 0 Å². The van der Waals surface area contributed by atoms with Crippen molar-refractivity contribution in [2.75, 3.05) is 0 Å². The van der Waals surface area contributed by atoms with Crippen molar-refractivity contribution in [1.82, 2.24) is 0 Å². The van der Waals surface area contributed by atoms with Gasteiger partial charge >= 0.3 is 0 Å². The van der Waals surface area contributed by atoms with Crippen molar-refractivity contribution in [3.05, 3.63) is 76.9 Å². The summed E-state index contributed by atoms with van der Waals surface area (Å²) in [7, 11) is 0. The summed E-state index contributed by atoms with van der Waals surface area (Å²) >= 11 is 0. The van der Waals surface area contributed by atoms with Crippen LogP contribution in [-0.4, -0.2) is 0 Å². The minimum absolute atomic E-state index is 1.16. The summed E-state index contributed by atoms with van der Waals surface area (Å²) in [5, 5.41) is 0. The van der Waals surface area contributed by atoms with Crippen molar-refractivity contribution in [3.63, 3.8) is 0 Å². The zero-order chi connectivity index (χ0) is 17.6. The highest BCUT2D eigenvalue weighted by atomic mass is 14.2. The first-order chi connectivity index (χ1) is 12.2. The summed E-state index contributed by atoms with van der Waals surface area (Å²) in [5.41, 5.74) is 10.0. The van der Waals surface area contributed by atoms with Crippen LogP contribution in [0.3, 0.4) is 0 Å². The second kappa shape index (κ2) is 8.34. The lowest BCUT2D eigenvalue weighted by atomic mass is 9.85. The normalized spacial score (nSPS) is 14.2. The molecule has 0 fully saturated rings. The van der Waals surface area contributed by atoms with Crippen LogP contribution in [0.4, 0.5) is 0 Å². The lowest BCUT2D eigenvalue weighted by molar-refractivity contribution is 0.825. The molecule has 1 aliphatic carbocycles. The van der Waals surface area contributed by atoms with Crippen LogP contribution in [0.15, 0.2) is 60.2 Å². The van der Waals surface area contributed by atoms with E-state index in [4.69, 9.17) is 0 Å². The third kappa shape index (κ3) is 3.95. The zero-order valence-corrected chi connectivity index (χ0v) is 15.9. The number of hydrogen-bond donors (Lipinski definition) is 0. The van der Waals surface area contributed by atoms with E-state index >= 15 is 0 Å². The molecule has 1 aliphatic rings. The van der Waals surface area contributed by atoms with Gasteiger partial charge < -0.3 is 0 Å². The van der Waals surface area contributed by atoms with Gasteiger partial charge in [-0.15, -0.1) is 0 Å². The van der Waals surface area contributed by atoms with Crippen LogP contribution < -0.4 is 0 Å². The first-order valence-corrected chi connectivity index (χ1v) is 9.82. The monoisotopic (exact) mass is 330 g/mol. The molecule has 0 N–H and O–H groups in total. The summed E-state index contributed by atoms with van der Waals surface area (Å²) in [6, 6.07) is 15.9. The van der Waals surface area contributed by atoms with Crippen molar-refractivity contribution >= 4 is 5.57 Å². The standard InChI is InChI=1S/C25H30/c1-4-9-20-15-17-22(18-16-20)23-13-8-14-24(19(23)3)25-12-7-6-11-21(25)10-5-2/h7-8,12-18H,4-6,9-11H2,1-3H3. The molecule has 0 amide bonds. The molecule has 0 saturated heterocycles. The summed E-state index contributed by atoms with van der Waals surface area (Å²) in [5.74, 6) is 0. The fourth-order valence-corrected chi connectivity index (χ4v) is 3.93. The Morgan fingerprint density at radius 2 is 1.56 bits per heavy atom. The molecule has 0 spiro atoms. The Morgan fingerprint density at radius 1 is 0.840 bits per heavy atom. The Morgan fingerprint density at radius 3 is 2.28 bits per heavy atom. The van der Waals surface area contributed by atoms with E-state index in [0.717, 1.165) is 6.42 Å². The predicted octanol–water partition coefficient (Wildman–Crippen LogP) is 7.52. The molecule has 0 saturated carbocycles. The lowest BCUT2D eigenvalue weighted by Crippen LogP contribution is -1.98. The van der Waals surface area contributed by atoms with Gasteiger partial charge in [-0.25, -0.2) is 0 Å². The molecule has 130 valence electrons. The topological polar surface area (TPSA) is 0 Å². The van der Waals surface area contributed by atoms with Crippen molar-refractivity contribution < 1.29 is 0 Å². The van der Waals surface area contributed by atoms with Gasteiger partial charge in [0, 0.05) is 0 Å². The smallest absolute Gasteiger partial charge is 0.0149 e. The number of hydrogen-bond acceptors (Lipinski definition) is 0. The first kappa shape index (κ1) is 17.7. The molecular weight excluding hydrogens is 300 g/mol. The van der Waals surface area contributed by atoms with Crippen molar-refractivity contribution in [2.45, 2.75) is 59.3 Å². The Bertz CT molecular complexity index is 772. The summed E-state index contributed by atoms with van der Waals surface area (Å²) in [6.45, 7) is 6.80. The van der Waals surface area contributed by atoms with Gasteiger partial charge in [-0.2, -0.15) is 0 Å². The summed E-state index contributed by atoms with van der Waals surface area (Å²) < 4.78 is 0. The highest BCUT2D eigenvalue weighted by molar-refractivity contribution is 5.83. The van der Waals surface area contributed by atoms with Gasteiger partial charge in [0.15, 0.2) is 0 Å². The Labute approximate surface area is 153 Å². The molecule has 0 atom stereocenters. The van der Waals surface area contributed by atoms with Crippen molar-refractivity contribution in [1.29, 1.82) is 0 Å². The number of benzene rings is 2. The average Bonchev–Trinajstić information content (AvgIpc) is 2.64. The fourth-order valence-electron chi connectivity index (χ4n) is 3.93. The second-order valence-corrected chi connectivity index (χ2v) is 7.13. The molecular formula is C25H30. The molecule has 0 nitrogen and oxygen atoms in total. The van der Waals surface area contributed by atoms with E-state index in [1.165, 1.54) is 65.5 Å². The molecule has 0 heterocycles. The van der Waals surface area contributed by atoms with Crippen LogP contribution in [0.1, 0.15) is 62.6 Å². The largest absolute Gasteiger partial charge is 0.0836 e. The number of aryl methyl sites for hydroxylation is 1. The van der Waals surface area contributed by atoms with E-state index in [0.29, 0.717) is 0 Å². The predicted molar refractivity (Wildman–Crippen MR) is 111 cm³/mol. The van der Waals surface area contributed by atoms with Gasteiger partial charge in [-0.3, -0.25) is 0 Å². The van der Waals surface area contributed by atoms with E-state index in [9.17, 15) is 0 Å². The van der Waals surface area contributed by atoms with Gasteiger partial charge in [0.25, 0.3) is 0 Å². The SMILES string of the molecule is CCCC1=C(c2cccc(-c3ccc(CCC)cc3)c2C)C=CCC1. The Hall–Kier alpha value is -2.08. The maximum atomic E-state index is 2.35. The minimum Gasteiger partial charge on any atom is -0.0836 e. The highest BCUT2D eigenvalue weighted by Crippen LogP contribution is 2.35. The third-order valence-electron chi connectivity index (χ3n) is 5.26. The molecule has 0 bridgehead atoms. The van der Waals surface area contributed by atoms with Gasteiger partial charge in [0.1, 0.15) is 0 Å². The van der Waals surface area contributed by atoms with Gasteiger partial charge in [0.05, 0.1) is 0 Å². The Kier molecular flexibility index (Phi) is 5.91. The average molecular weight is 331 g/mol. The van der Waals surface area contributed by atoms with Crippen LogP contribution in [0.25, 0.3) is 16.7 Å². The molecule has 0 aromatic heterocycles. The number of rotatable bonds is 6. The maximum Gasteiger partial charge on any atom is -0.0149 e. The summed E-state index contributed by atoms with van der Waals surface area (Å²) in [4.78, 5) is 0. The van der Waals surface area contributed by atoms with Crippen LogP contribution in [0, 0.1) is 6.92 Å². The molecule has 2 aromatic carbocycles. The molecule has 3 rings (SSSR count). The van der Waals surface area contributed by atoms with Gasteiger partial charge in [-0.05, 0) is 66.0 Å². The molecule has 0 heteroatoms. The van der Waals surface area contributed by atoms with Crippen LogP contribution in [0.2, 0.25) is 0 Å². The fraction of sp³-hybridized carbons (Fsp3) is 0.360. The van der Waals surface area contributed by atoms with Gasteiger partial charge in [-0.1, -0.05) is 86.9 Å². The van der Waals surface area contributed by atoms with Crippen LogP contribution >= 0.6 is 0 Å². The van der Waals surface area contributed by atoms with Crippen molar-refractivity contribution in [2.24, 2.45) is 0 Å². The lowest BCUT2D eigenvalue weighted by Gasteiger charge is -2.19. The quantitative estimate of drug-likeness (QED) is 0.514. The van der Waals surface area contributed by atoms with Gasteiger partial charge in [0.2, 0.25) is 0 Å². The van der Waals surface area contributed by atoms with Crippen LogP contribution in [0.5, 0.6) is 0 Å². The summed E-state index contributed by atoms with van der Waals surface area (Å²) in [6.07, 6.45) is 11.9. The number of allylic oxidation sites excluding steroid dienone is 4. The molecule has 0 aliphatic heterocycles. The van der Waals surface area contributed by atoms with E-state index < -0.39 is 0 Å². The van der Waals surface area contributed by atoms with Crippen molar-refractivity contribution in [3.8, 4) is 11.1 Å². The minimum atomic E-state index is 1.16. The Balaban J connectivity index is 2.01. The highest BCUT2D eigenvalue weighted by Gasteiger charge is 2.14. The first-order valence-electron chi connectivity index (χ1n) is 9.82. The zero-order valence-electron chi connectivity index (χ0n) is 15.9. The maximum absolute atomic E-state index is 2.35. The third-order valence-corrected chi connectivity index (χ3v) is 5.26. The van der Waals surface area contributed by atoms with E-state index in [1.54, 1.807) is 5.57 Å². The molecule has 0 unspecified atom stereocenters. The molecule has 0 radical (unpaired) electrons. The second-order valence-electron chi connectivity index (χ2n) is 7.13. The molecule has 25 heavy (non-hydrogen) atoms. The van der Waals surface area contributed by atoms with E-state index in [2.05, 4.69) is 75.4 Å².